The van der Waals surface area contributed by atoms with E-state index >= 15 is 0 Å². The van der Waals surface area contributed by atoms with Crippen molar-refractivity contribution in [2.75, 3.05) is 25.5 Å². The van der Waals surface area contributed by atoms with E-state index in [1.54, 1.807) is 13.1 Å². The molecule has 4 rings (SSSR count). The largest absolute Gasteiger partial charge is 0.361 e. The van der Waals surface area contributed by atoms with E-state index in [-0.39, 0.29) is 11.9 Å². The first kappa shape index (κ1) is 20.1. The molecule has 0 bridgehead atoms. The highest BCUT2D eigenvalue weighted by Crippen LogP contribution is 2.38. The molecule has 0 aliphatic carbocycles. The van der Waals surface area contributed by atoms with Crippen LogP contribution >= 0.6 is 0 Å². The van der Waals surface area contributed by atoms with Gasteiger partial charge in [0.05, 0.1) is 28.7 Å². The minimum Gasteiger partial charge on any atom is -0.361 e. The highest BCUT2D eigenvalue weighted by Gasteiger charge is 2.36. The predicted molar refractivity (Wildman–Crippen MR) is 110 cm³/mol. The van der Waals surface area contributed by atoms with Gasteiger partial charge in [0.25, 0.3) is 5.91 Å². The van der Waals surface area contributed by atoms with Gasteiger partial charge in [0.1, 0.15) is 11.3 Å². The average molecular weight is 410 g/mol. The summed E-state index contributed by atoms with van der Waals surface area (Å²) >= 11 is 0. The van der Waals surface area contributed by atoms with Gasteiger partial charge >= 0.3 is 0 Å². The standard InChI is InChI=1S/C21H26N6O3/c1-6-15-18(13(3)29-25-15)20(28)27-9-7-8-16(27)19-14(17-10-12(2)24-30-17)11-22-21(23-19)26(4)5/h10-11,16H,6-9H2,1-5H3. The number of anilines is 1. The Bertz CT molecular complexity index is 1070. The van der Waals surface area contributed by atoms with Gasteiger partial charge in [-0.1, -0.05) is 17.2 Å². The molecule has 4 heterocycles. The lowest BCUT2D eigenvalue weighted by atomic mass is 10.0. The van der Waals surface area contributed by atoms with E-state index in [0.29, 0.717) is 41.7 Å². The monoisotopic (exact) mass is 410 g/mol. The minimum absolute atomic E-state index is 0.0715. The number of hydrogen-bond donors (Lipinski definition) is 0. The third-order valence-corrected chi connectivity index (χ3v) is 5.41. The molecular formula is C21H26N6O3. The lowest BCUT2D eigenvalue weighted by molar-refractivity contribution is 0.0730. The van der Waals surface area contributed by atoms with Crippen LogP contribution in [0.1, 0.15) is 59.0 Å². The number of carbonyl (C=O) groups excluding carboxylic acids is 1. The van der Waals surface area contributed by atoms with Gasteiger partial charge < -0.3 is 18.8 Å². The summed E-state index contributed by atoms with van der Waals surface area (Å²) < 4.78 is 10.8. The van der Waals surface area contributed by atoms with Crippen molar-refractivity contribution in [1.82, 2.24) is 25.2 Å². The SMILES string of the molecule is CCc1noc(C)c1C(=O)N1CCCC1c1nc(N(C)C)ncc1-c1cc(C)no1. The fraction of sp³-hybridized carbons (Fsp3) is 0.476. The topological polar surface area (TPSA) is 101 Å². The van der Waals surface area contributed by atoms with Crippen molar-refractivity contribution in [1.29, 1.82) is 0 Å². The fourth-order valence-electron chi connectivity index (χ4n) is 3.91. The maximum Gasteiger partial charge on any atom is 0.259 e. The third-order valence-electron chi connectivity index (χ3n) is 5.41. The molecule has 0 aromatic carbocycles. The maximum atomic E-state index is 13.5. The van der Waals surface area contributed by atoms with E-state index < -0.39 is 0 Å². The second kappa shape index (κ2) is 7.89. The quantitative estimate of drug-likeness (QED) is 0.631. The van der Waals surface area contributed by atoms with Crippen LogP contribution in [0.4, 0.5) is 5.95 Å². The van der Waals surface area contributed by atoms with Gasteiger partial charge in [-0.05, 0) is 33.1 Å². The molecule has 1 unspecified atom stereocenters. The molecule has 1 amide bonds. The second-order valence-corrected chi connectivity index (χ2v) is 7.77. The summed E-state index contributed by atoms with van der Waals surface area (Å²) in [4.78, 5) is 26.5. The fourth-order valence-corrected chi connectivity index (χ4v) is 3.91. The Morgan fingerprint density at radius 1 is 1.27 bits per heavy atom. The van der Waals surface area contributed by atoms with Crippen LogP contribution in [0, 0.1) is 13.8 Å². The van der Waals surface area contributed by atoms with Gasteiger partial charge in [-0.15, -0.1) is 0 Å². The van der Waals surface area contributed by atoms with Crippen molar-refractivity contribution in [3.8, 4) is 11.3 Å². The van der Waals surface area contributed by atoms with Crippen molar-refractivity contribution in [3.63, 3.8) is 0 Å². The first-order valence-corrected chi connectivity index (χ1v) is 10.1. The normalized spacial score (nSPS) is 16.3. The van der Waals surface area contributed by atoms with E-state index in [0.717, 1.165) is 29.8 Å². The molecule has 0 spiro atoms. The molecule has 0 N–H and O–H groups in total. The molecule has 1 atom stereocenters. The van der Waals surface area contributed by atoms with E-state index in [1.165, 1.54) is 0 Å². The Balaban J connectivity index is 1.79. The number of carbonyl (C=O) groups is 1. The van der Waals surface area contributed by atoms with Crippen LogP contribution in [0.5, 0.6) is 0 Å². The lowest BCUT2D eigenvalue weighted by Gasteiger charge is -2.26. The predicted octanol–water partition coefficient (Wildman–Crippen LogP) is 3.34. The number of rotatable bonds is 5. The number of likely N-dealkylation sites (tertiary alicyclic amines) is 1. The number of aromatic nitrogens is 4. The zero-order chi connectivity index (χ0) is 21.4. The average Bonchev–Trinajstić information content (AvgIpc) is 3.46. The molecule has 1 aliphatic rings. The molecule has 30 heavy (non-hydrogen) atoms. The van der Waals surface area contributed by atoms with Gasteiger partial charge in [0.2, 0.25) is 5.95 Å². The van der Waals surface area contributed by atoms with Crippen LogP contribution in [-0.4, -0.2) is 51.7 Å². The van der Waals surface area contributed by atoms with Crippen LogP contribution < -0.4 is 4.90 Å². The molecule has 158 valence electrons. The molecule has 1 fully saturated rings. The van der Waals surface area contributed by atoms with Gasteiger partial charge in [-0.2, -0.15) is 0 Å². The summed E-state index contributed by atoms with van der Waals surface area (Å²) in [7, 11) is 3.78. The Hall–Kier alpha value is -3.23. The second-order valence-electron chi connectivity index (χ2n) is 7.77. The summed E-state index contributed by atoms with van der Waals surface area (Å²) in [6, 6.07) is 1.66. The molecular weight excluding hydrogens is 384 g/mol. The van der Waals surface area contributed by atoms with Crippen molar-refractivity contribution in [2.45, 2.75) is 46.1 Å². The minimum atomic E-state index is -0.196. The van der Waals surface area contributed by atoms with E-state index in [4.69, 9.17) is 14.0 Å². The van der Waals surface area contributed by atoms with Gasteiger partial charge in [-0.3, -0.25) is 4.79 Å². The highest BCUT2D eigenvalue weighted by atomic mass is 16.5. The Morgan fingerprint density at radius 2 is 2.07 bits per heavy atom. The lowest BCUT2D eigenvalue weighted by Crippen LogP contribution is -2.32. The maximum absolute atomic E-state index is 13.5. The molecule has 3 aromatic rings. The summed E-state index contributed by atoms with van der Waals surface area (Å²) in [6.45, 7) is 6.26. The smallest absolute Gasteiger partial charge is 0.259 e. The van der Waals surface area contributed by atoms with Crippen LogP contribution in [0.3, 0.4) is 0 Å². The first-order chi connectivity index (χ1) is 14.4. The molecule has 1 saturated heterocycles. The highest BCUT2D eigenvalue weighted by molar-refractivity contribution is 5.96. The van der Waals surface area contributed by atoms with Gasteiger partial charge in [0, 0.05) is 32.9 Å². The molecule has 0 saturated carbocycles. The molecule has 9 heteroatoms. The molecule has 0 radical (unpaired) electrons. The van der Waals surface area contributed by atoms with Crippen LogP contribution in [-0.2, 0) is 6.42 Å². The number of amides is 1. The van der Waals surface area contributed by atoms with E-state index in [1.807, 2.05) is 43.8 Å². The van der Waals surface area contributed by atoms with Crippen LogP contribution in [0.15, 0.2) is 21.3 Å². The summed E-state index contributed by atoms with van der Waals surface area (Å²) in [5.41, 5.74) is 3.54. The summed E-state index contributed by atoms with van der Waals surface area (Å²) in [6.07, 6.45) is 4.08. The number of hydrogen-bond acceptors (Lipinski definition) is 8. The van der Waals surface area contributed by atoms with E-state index in [2.05, 4.69) is 15.3 Å². The first-order valence-electron chi connectivity index (χ1n) is 10.1. The van der Waals surface area contributed by atoms with Crippen molar-refractivity contribution < 1.29 is 13.8 Å². The Morgan fingerprint density at radius 3 is 2.73 bits per heavy atom. The van der Waals surface area contributed by atoms with Crippen LogP contribution in [0.25, 0.3) is 11.3 Å². The van der Waals surface area contributed by atoms with Crippen molar-refractivity contribution in [2.24, 2.45) is 0 Å². The van der Waals surface area contributed by atoms with Gasteiger partial charge in [-0.25, -0.2) is 9.97 Å². The zero-order valence-corrected chi connectivity index (χ0v) is 18.0. The molecule has 9 nitrogen and oxygen atoms in total. The van der Waals surface area contributed by atoms with Crippen LogP contribution in [0.2, 0.25) is 0 Å². The Labute approximate surface area is 175 Å². The molecule has 3 aromatic heterocycles. The third kappa shape index (κ3) is 3.44. The molecule has 1 aliphatic heterocycles. The van der Waals surface area contributed by atoms with Gasteiger partial charge in [0.15, 0.2) is 5.76 Å². The van der Waals surface area contributed by atoms with Crippen molar-refractivity contribution in [3.05, 3.63) is 40.7 Å². The van der Waals surface area contributed by atoms with E-state index in [9.17, 15) is 4.79 Å². The number of nitrogens with zero attached hydrogens (tertiary/aromatic N) is 6. The number of aryl methyl sites for hydroxylation is 3. The summed E-state index contributed by atoms with van der Waals surface area (Å²) in [5, 5.41) is 8.06. The zero-order valence-electron chi connectivity index (χ0n) is 18.0. The Kier molecular flexibility index (Phi) is 5.27. The summed E-state index contributed by atoms with van der Waals surface area (Å²) in [5.74, 6) is 1.66. The van der Waals surface area contributed by atoms with Crippen molar-refractivity contribution >= 4 is 11.9 Å².